The van der Waals surface area contributed by atoms with Gasteiger partial charge in [-0.1, -0.05) is 22.0 Å². The van der Waals surface area contributed by atoms with Gasteiger partial charge in [-0.15, -0.1) is 0 Å². The molecule has 0 saturated carbocycles. The van der Waals surface area contributed by atoms with Gasteiger partial charge in [0.15, 0.2) is 5.75 Å². The van der Waals surface area contributed by atoms with Gasteiger partial charge in [0.25, 0.3) is 0 Å². The van der Waals surface area contributed by atoms with Crippen LogP contribution in [0.2, 0.25) is 0 Å². The fraction of sp³-hybridized carbons (Fsp3) is 0.118. The number of hydrogen-bond donors (Lipinski definition) is 1. The summed E-state index contributed by atoms with van der Waals surface area (Å²) in [6.07, 6.45) is 2.46. The first-order valence-corrected chi connectivity index (χ1v) is 7.84. The van der Waals surface area contributed by atoms with Crippen molar-refractivity contribution in [2.45, 2.75) is 6.61 Å². The van der Waals surface area contributed by atoms with Gasteiger partial charge in [0, 0.05) is 22.2 Å². The maximum atomic E-state index is 11.1. The highest BCUT2D eigenvalue weighted by Gasteiger charge is 2.16. The first-order chi connectivity index (χ1) is 11.9. The fourth-order valence-electron chi connectivity index (χ4n) is 2.09. The number of nitro benzene ring substituents is 1. The second-order valence-corrected chi connectivity index (χ2v) is 5.82. The predicted molar refractivity (Wildman–Crippen MR) is 94.8 cm³/mol. The number of halogens is 1. The first kappa shape index (κ1) is 18.5. The summed E-state index contributed by atoms with van der Waals surface area (Å²) in [5.74, 6) is -0.395. The molecule has 1 N–H and O–H groups in total. The minimum absolute atomic E-state index is 0.0282. The minimum Gasteiger partial charge on any atom is -0.496 e. The van der Waals surface area contributed by atoms with Crippen molar-refractivity contribution in [3.63, 3.8) is 0 Å². The largest absolute Gasteiger partial charge is 0.496 e. The zero-order chi connectivity index (χ0) is 18.4. The van der Waals surface area contributed by atoms with Crippen molar-refractivity contribution >= 4 is 33.7 Å². The summed E-state index contributed by atoms with van der Waals surface area (Å²) in [6, 6.07) is 9.58. The highest BCUT2D eigenvalue weighted by molar-refractivity contribution is 9.10. The van der Waals surface area contributed by atoms with Gasteiger partial charge in [0.05, 0.1) is 12.0 Å². The number of ether oxygens (including phenoxy) is 2. The molecule has 0 aromatic heterocycles. The van der Waals surface area contributed by atoms with Crippen molar-refractivity contribution in [2.75, 3.05) is 7.11 Å². The molecule has 0 amide bonds. The van der Waals surface area contributed by atoms with Crippen LogP contribution in [0.25, 0.3) is 6.08 Å². The summed E-state index contributed by atoms with van der Waals surface area (Å²) >= 11 is 3.19. The zero-order valence-electron chi connectivity index (χ0n) is 13.1. The number of nitrogens with zero attached hydrogens (tertiary/aromatic N) is 1. The van der Waals surface area contributed by atoms with E-state index in [9.17, 15) is 14.9 Å². The number of hydrogen-bond acceptors (Lipinski definition) is 5. The molecule has 0 aliphatic heterocycles. The Morgan fingerprint density at radius 2 is 2.00 bits per heavy atom. The van der Waals surface area contributed by atoms with Gasteiger partial charge < -0.3 is 14.6 Å². The van der Waals surface area contributed by atoms with Crippen molar-refractivity contribution in [1.82, 2.24) is 0 Å². The number of nitro groups is 1. The first-order valence-electron chi connectivity index (χ1n) is 7.05. The van der Waals surface area contributed by atoms with Crippen LogP contribution in [-0.4, -0.2) is 23.1 Å². The molecule has 0 heterocycles. The number of benzene rings is 2. The van der Waals surface area contributed by atoms with Crippen LogP contribution in [0.3, 0.4) is 0 Å². The van der Waals surface area contributed by atoms with Crippen LogP contribution < -0.4 is 9.47 Å². The number of rotatable bonds is 7. The lowest BCUT2D eigenvalue weighted by Crippen LogP contribution is -2.01. The van der Waals surface area contributed by atoms with E-state index >= 15 is 0 Å². The molecule has 0 unspecified atom stereocenters. The van der Waals surface area contributed by atoms with E-state index < -0.39 is 10.9 Å². The topological polar surface area (TPSA) is 98.9 Å². The number of carboxylic acids is 1. The molecule has 2 rings (SSSR count). The Morgan fingerprint density at radius 3 is 2.64 bits per heavy atom. The van der Waals surface area contributed by atoms with Gasteiger partial charge in [0.2, 0.25) is 0 Å². The smallest absolute Gasteiger partial charge is 0.328 e. The standard InChI is InChI=1S/C17H14BrNO6/c1-24-15-5-2-11(3-7-17(20)21)8-12(15)10-25-16-6-4-13(18)9-14(16)19(22)23/h2-9H,10H2,1H3,(H,20,21)/b7-3+. The Morgan fingerprint density at radius 1 is 1.28 bits per heavy atom. The van der Waals surface area contributed by atoms with Crippen molar-refractivity contribution < 1.29 is 24.3 Å². The monoisotopic (exact) mass is 407 g/mol. The molecule has 0 bridgehead atoms. The summed E-state index contributed by atoms with van der Waals surface area (Å²) in [6.45, 7) is 0.0282. The molecule has 0 aliphatic carbocycles. The Kier molecular flexibility index (Phi) is 6.13. The van der Waals surface area contributed by atoms with E-state index in [0.29, 0.717) is 21.3 Å². The summed E-state index contributed by atoms with van der Waals surface area (Å²) < 4.78 is 11.4. The summed E-state index contributed by atoms with van der Waals surface area (Å²) in [5, 5.41) is 19.8. The lowest BCUT2D eigenvalue weighted by Gasteiger charge is -2.11. The van der Waals surface area contributed by atoms with Gasteiger partial charge in [0.1, 0.15) is 12.4 Å². The number of carboxylic acid groups (broad SMARTS) is 1. The molecule has 7 nitrogen and oxygen atoms in total. The average molecular weight is 408 g/mol. The van der Waals surface area contributed by atoms with E-state index in [2.05, 4.69) is 15.9 Å². The van der Waals surface area contributed by atoms with E-state index in [0.717, 1.165) is 6.08 Å². The van der Waals surface area contributed by atoms with Crippen molar-refractivity contribution in [3.8, 4) is 11.5 Å². The lowest BCUT2D eigenvalue weighted by atomic mass is 10.1. The van der Waals surface area contributed by atoms with Gasteiger partial charge in [-0.3, -0.25) is 10.1 Å². The Hall–Kier alpha value is -2.87. The van der Waals surface area contributed by atoms with Crippen LogP contribution in [0.15, 0.2) is 46.9 Å². The third-order valence-electron chi connectivity index (χ3n) is 3.22. The van der Waals surface area contributed by atoms with Gasteiger partial charge in [-0.25, -0.2) is 4.79 Å². The van der Waals surface area contributed by atoms with Gasteiger partial charge in [-0.2, -0.15) is 0 Å². The molecule has 0 radical (unpaired) electrons. The van der Waals surface area contributed by atoms with Crippen LogP contribution in [0.4, 0.5) is 5.69 Å². The van der Waals surface area contributed by atoms with Crippen LogP contribution >= 0.6 is 15.9 Å². The highest BCUT2D eigenvalue weighted by atomic mass is 79.9. The van der Waals surface area contributed by atoms with Crippen molar-refractivity contribution in [3.05, 3.63) is 68.2 Å². The van der Waals surface area contributed by atoms with Crippen LogP contribution in [0.1, 0.15) is 11.1 Å². The summed E-state index contributed by atoms with van der Waals surface area (Å²) in [4.78, 5) is 21.2. The maximum absolute atomic E-state index is 11.1. The molecule has 0 saturated heterocycles. The summed E-state index contributed by atoms with van der Waals surface area (Å²) in [5.41, 5.74) is 1.12. The minimum atomic E-state index is -1.06. The van der Waals surface area contributed by atoms with Crippen molar-refractivity contribution in [2.24, 2.45) is 0 Å². The molecular weight excluding hydrogens is 394 g/mol. The molecule has 25 heavy (non-hydrogen) atoms. The van der Waals surface area contributed by atoms with Crippen molar-refractivity contribution in [1.29, 1.82) is 0 Å². The average Bonchev–Trinajstić information content (AvgIpc) is 2.58. The van der Waals surface area contributed by atoms with Gasteiger partial charge >= 0.3 is 11.7 Å². The normalized spacial score (nSPS) is 10.6. The van der Waals surface area contributed by atoms with Gasteiger partial charge in [-0.05, 0) is 35.9 Å². The highest BCUT2D eigenvalue weighted by Crippen LogP contribution is 2.31. The van der Waals surface area contributed by atoms with E-state index in [1.165, 1.54) is 25.3 Å². The van der Waals surface area contributed by atoms with E-state index in [4.69, 9.17) is 14.6 Å². The molecule has 0 atom stereocenters. The molecule has 2 aromatic carbocycles. The number of aliphatic carboxylic acids is 1. The Labute approximate surface area is 151 Å². The molecule has 0 fully saturated rings. The number of carbonyl (C=O) groups is 1. The van der Waals surface area contributed by atoms with E-state index in [1.807, 2.05) is 0 Å². The Bertz CT molecular complexity index is 834. The Balaban J connectivity index is 2.26. The third kappa shape index (κ3) is 5.05. The molecule has 130 valence electrons. The second kappa shape index (κ2) is 8.29. The number of methoxy groups -OCH3 is 1. The molecule has 0 aliphatic rings. The quantitative estimate of drug-likeness (QED) is 0.422. The lowest BCUT2D eigenvalue weighted by molar-refractivity contribution is -0.386. The van der Waals surface area contributed by atoms with E-state index in [1.54, 1.807) is 24.3 Å². The van der Waals surface area contributed by atoms with Crippen LogP contribution in [0, 0.1) is 10.1 Å². The summed E-state index contributed by atoms with van der Waals surface area (Å²) in [7, 11) is 1.49. The SMILES string of the molecule is COc1ccc(/C=C/C(=O)O)cc1COc1ccc(Br)cc1[N+](=O)[O-]. The molecule has 0 spiro atoms. The fourth-order valence-corrected chi connectivity index (χ4v) is 2.44. The molecule has 8 heteroatoms. The molecule has 2 aromatic rings. The second-order valence-electron chi connectivity index (χ2n) is 4.90. The molecular formula is C17H14BrNO6. The van der Waals surface area contributed by atoms with E-state index in [-0.39, 0.29) is 18.0 Å². The maximum Gasteiger partial charge on any atom is 0.328 e. The van der Waals surface area contributed by atoms with Crippen LogP contribution in [-0.2, 0) is 11.4 Å². The zero-order valence-corrected chi connectivity index (χ0v) is 14.7. The van der Waals surface area contributed by atoms with Crippen LogP contribution in [0.5, 0.6) is 11.5 Å². The third-order valence-corrected chi connectivity index (χ3v) is 3.72. The predicted octanol–water partition coefficient (Wildman–Crippen LogP) is 4.04.